The Morgan fingerprint density at radius 3 is 2.87 bits per heavy atom. The van der Waals surface area contributed by atoms with E-state index in [0.717, 1.165) is 18.5 Å². The second-order valence-electron chi connectivity index (χ2n) is 3.60. The van der Waals surface area contributed by atoms with Crippen LogP contribution in [0.2, 0.25) is 0 Å². The Labute approximate surface area is 89.5 Å². The van der Waals surface area contributed by atoms with Crippen molar-refractivity contribution in [1.29, 1.82) is 0 Å². The average Bonchev–Trinajstić information content (AvgIpc) is 2.68. The minimum Gasteiger partial charge on any atom is -0.480 e. The van der Waals surface area contributed by atoms with Crippen LogP contribution < -0.4 is 0 Å². The largest absolute Gasteiger partial charge is 0.480 e. The molecule has 1 aromatic rings. The number of rotatable bonds is 6. The number of aliphatic carboxylic acids is 1. The quantitative estimate of drug-likeness (QED) is 0.783. The molecule has 1 N–H and O–H groups in total. The highest BCUT2D eigenvalue weighted by Crippen LogP contribution is 2.20. The van der Waals surface area contributed by atoms with Crippen LogP contribution in [0.5, 0.6) is 0 Å². The van der Waals surface area contributed by atoms with Crippen molar-refractivity contribution in [2.24, 2.45) is 0 Å². The minimum absolute atomic E-state index is 0.0696. The highest BCUT2D eigenvalue weighted by Gasteiger charge is 2.18. The second-order valence-corrected chi connectivity index (χ2v) is 3.60. The van der Waals surface area contributed by atoms with Crippen LogP contribution >= 0.6 is 0 Å². The molecule has 0 amide bonds. The van der Waals surface area contributed by atoms with E-state index in [1.165, 1.54) is 0 Å². The standard InChI is InChI=1S/C11H17NO3/c1-3-5-12(7-11(13)14)9(2)10-4-6-15-8-10/h4,6,8-9H,3,5,7H2,1-2H3,(H,13,14). The van der Waals surface area contributed by atoms with Crippen LogP contribution in [0.15, 0.2) is 23.0 Å². The Kier molecular flexibility index (Phi) is 4.37. The Morgan fingerprint density at radius 2 is 2.40 bits per heavy atom. The minimum atomic E-state index is -0.793. The molecule has 0 aromatic carbocycles. The molecule has 0 radical (unpaired) electrons. The van der Waals surface area contributed by atoms with Gasteiger partial charge in [0.25, 0.3) is 0 Å². The van der Waals surface area contributed by atoms with Gasteiger partial charge in [0.05, 0.1) is 19.1 Å². The maximum atomic E-state index is 10.7. The molecule has 84 valence electrons. The molecule has 0 aliphatic carbocycles. The van der Waals surface area contributed by atoms with Crippen molar-refractivity contribution in [1.82, 2.24) is 4.90 Å². The number of carboxylic acids is 1. The lowest BCUT2D eigenvalue weighted by molar-refractivity contribution is -0.138. The first-order valence-corrected chi connectivity index (χ1v) is 5.13. The van der Waals surface area contributed by atoms with Gasteiger partial charge in [0.1, 0.15) is 0 Å². The molecule has 4 heteroatoms. The molecular formula is C11H17NO3. The molecule has 0 saturated heterocycles. The molecule has 1 rings (SSSR count). The van der Waals surface area contributed by atoms with E-state index in [4.69, 9.17) is 9.52 Å². The van der Waals surface area contributed by atoms with Gasteiger partial charge in [-0.3, -0.25) is 9.69 Å². The summed E-state index contributed by atoms with van der Waals surface area (Å²) in [4.78, 5) is 12.6. The third-order valence-corrected chi connectivity index (χ3v) is 2.42. The lowest BCUT2D eigenvalue weighted by atomic mass is 10.1. The van der Waals surface area contributed by atoms with Gasteiger partial charge >= 0.3 is 5.97 Å². The fourth-order valence-corrected chi connectivity index (χ4v) is 1.59. The predicted molar refractivity (Wildman–Crippen MR) is 56.6 cm³/mol. The number of hydrogen-bond acceptors (Lipinski definition) is 3. The lowest BCUT2D eigenvalue weighted by Crippen LogP contribution is -2.32. The van der Waals surface area contributed by atoms with E-state index >= 15 is 0 Å². The van der Waals surface area contributed by atoms with Crippen LogP contribution in [0.25, 0.3) is 0 Å². The highest BCUT2D eigenvalue weighted by atomic mass is 16.4. The van der Waals surface area contributed by atoms with Crippen LogP contribution in [-0.4, -0.2) is 29.1 Å². The van der Waals surface area contributed by atoms with E-state index < -0.39 is 5.97 Å². The van der Waals surface area contributed by atoms with Crippen molar-refractivity contribution in [2.45, 2.75) is 26.3 Å². The summed E-state index contributed by atoms with van der Waals surface area (Å²) in [5.41, 5.74) is 1.02. The van der Waals surface area contributed by atoms with Gasteiger partial charge in [0, 0.05) is 11.6 Å². The average molecular weight is 211 g/mol. The van der Waals surface area contributed by atoms with Crippen molar-refractivity contribution in [3.05, 3.63) is 24.2 Å². The molecule has 1 unspecified atom stereocenters. The molecule has 4 nitrogen and oxygen atoms in total. The predicted octanol–water partition coefficient (Wildman–Crippen LogP) is 2.14. The monoisotopic (exact) mass is 211 g/mol. The number of carbonyl (C=O) groups is 1. The number of nitrogens with zero attached hydrogens (tertiary/aromatic N) is 1. The van der Waals surface area contributed by atoms with Crippen molar-refractivity contribution >= 4 is 5.97 Å². The maximum absolute atomic E-state index is 10.7. The van der Waals surface area contributed by atoms with E-state index in [0.29, 0.717) is 0 Å². The maximum Gasteiger partial charge on any atom is 0.317 e. The Hall–Kier alpha value is -1.29. The number of hydrogen-bond donors (Lipinski definition) is 1. The van der Waals surface area contributed by atoms with Gasteiger partial charge in [-0.15, -0.1) is 0 Å². The third kappa shape index (κ3) is 3.40. The Morgan fingerprint density at radius 1 is 1.67 bits per heavy atom. The first kappa shape index (κ1) is 11.8. The molecule has 0 fully saturated rings. The smallest absolute Gasteiger partial charge is 0.317 e. The first-order valence-electron chi connectivity index (χ1n) is 5.13. The van der Waals surface area contributed by atoms with E-state index in [1.807, 2.05) is 24.8 Å². The Balaban J connectivity index is 2.66. The summed E-state index contributed by atoms with van der Waals surface area (Å²) in [6, 6.07) is 1.95. The molecule has 15 heavy (non-hydrogen) atoms. The first-order chi connectivity index (χ1) is 7.15. The van der Waals surface area contributed by atoms with Gasteiger partial charge < -0.3 is 9.52 Å². The topological polar surface area (TPSA) is 53.7 Å². The molecule has 1 atom stereocenters. The van der Waals surface area contributed by atoms with Gasteiger partial charge in [-0.05, 0) is 26.0 Å². The van der Waals surface area contributed by atoms with E-state index in [9.17, 15) is 4.79 Å². The third-order valence-electron chi connectivity index (χ3n) is 2.42. The zero-order valence-corrected chi connectivity index (χ0v) is 9.14. The van der Waals surface area contributed by atoms with Crippen LogP contribution in [0, 0.1) is 0 Å². The summed E-state index contributed by atoms with van der Waals surface area (Å²) in [6.07, 6.45) is 4.21. The summed E-state index contributed by atoms with van der Waals surface area (Å²) >= 11 is 0. The normalized spacial score (nSPS) is 13.0. The van der Waals surface area contributed by atoms with Crippen LogP contribution in [0.3, 0.4) is 0 Å². The van der Waals surface area contributed by atoms with Gasteiger partial charge in [-0.25, -0.2) is 0 Å². The van der Waals surface area contributed by atoms with Gasteiger partial charge in [-0.2, -0.15) is 0 Å². The molecule has 1 heterocycles. The Bertz CT molecular complexity index is 295. The summed E-state index contributed by atoms with van der Waals surface area (Å²) in [6.45, 7) is 4.87. The summed E-state index contributed by atoms with van der Waals surface area (Å²) < 4.78 is 4.99. The highest BCUT2D eigenvalue weighted by molar-refractivity contribution is 5.69. The van der Waals surface area contributed by atoms with Crippen molar-refractivity contribution in [3.8, 4) is 0 Å². The SMILES string of the molecule is CCCN(CC(=O)O)C(C)c1ccoc1. The molecule has 0 aliphatic heterocycles. The number of furan rings is 1. The van der Waals surface area contributed by atoms with Crippen molar-refractivity contribution in [3.63, 3.8) is 0 Å². The molecule has 0 saturated carbocycles. The zero-order chi connectivity index (χ0) is 11.3. The van der Waals surface area contributed by atoms with Gasteiger partial charge in [0.2, 0.25) is 0 Å². The van der Waals surface area contributed by atoms with Crippen LogP contribution in [0.1, 0.15) is 31.9 Å². The van der Waals surface area contributed by atoms with Crippen LogP contribution in [-0.2, 0) is 4.79 Å². The molecule has 0 spiro atoms. The summed E-state index contributed by atoms with van der Waals surface area (Å²) in [7, 11) is 0. The fraction of sp³-hybridized carbons (Fsp3) is 0.545. The summed E-state index contributed by atoms with van der Waals surface area (Å²) in [5, 5.41) is 8.79. The fourth-order valence-electron chi connectivity index (χ4n) is 1.59. The van der Waals surface area contributed by atoms with Crippen molar-refractivity contribution < 1.29 is 14.3 Å². The molecular weight excluding hydrogens is 194 g/mol. The van der Waals surface area contributed by atoms with E-state index in [2.05, 4.69) is 0 Å². The van der Waals surface area contributed by atoms with E-state index in [-0.39, 0.29) is 12.6 Å². The summed E-state index contributed by atoms with van der Waals surface area (Å²) in [5.74, 6) is -0.793. The zero-order valence-electron chi connectivity index (χ0n) is 9.14. The van der Waals surface area contributed by atoms with Gasteiger partial charge in [-0.1, -0.05) is 6.92 Å². The van der Waals surface area contributed by atoms with Crippen molar-refractivity contribution in [2.75, 3.05) is 13.1 Å². The van der Waals surface area contributed by atoms with E-state index in [1.54, 1.807) is 12.5 Å². The van der Waals surface area contributed by atoms with Gasteiger partial charge in [0.15, 0.2) is 0 Å². The molecule has 0 aliphatic rings. The van der Waals surface area contributed by atoms with Crippen LogP contribution in [0.4, 0.5) is 0 Å². The number of carboxylic acid groups (broad SMARTS) is 1. The second kappa shape index (κ2) is 5.56. The molecule has 0 bridgehead atoms. The lowest BCUT2D eigenvalue weighted by Gasteiger charge is -2.26. The molecule has 1 aromatic heterocycles.